The maximum absolute atomic E-state index is 13.2. The number of hydrogen-bond donors (Lipinski definition) is 2. The zero-order valence-corrected chi connectivity index (χ0v) is 16.7. The fraction of sp³-hybridized carbons (Fsp3) is 0.261. The van der Waals surface area contributed by atoms with Gasteiger partial charge < -0.3 is 15.2 Å². The first-order chi connectivity index (χ1) is 14.4. The van der Waals surface area contributed by atoms with E-state index in [1.54, 1.807) is 19.1 Å². The predicted octanol–water partition coefficient (Wildman–Crippen LogP) is 4.63. The summed E-state index contributed by atoms with van der Waals surface area (Å²) >= 11 is 0. The lowest BCUT2D eigenvalue weighted by Crippen LogP contribution is -2.27. The van der Waals surface area contributed by atoms with Crippen molar-refractivity contribution in [2.24, 2.45) is 5.92 Å². The van der Waals surface area contributed by atoms with Crippen LogP contribution in [0.25, 0.3) is 11.3 Å². The van der Waals surface area contributed by atoms with Crippen LogP contribution in [0, 0.1) is 18.7 Å². The van der Waals surface area contributed by atoms with E-state index in [1.807, 2.05) is 31.2 Å². The largest absolute Gasteiger partial charge is 0.360 e. The van der Waals surface area contributed by atoms with Crippen LogP contribution in [0.4, 0.5) is 10.1 Å². The third kappa shape index (κ3) is 4.25. The smallest absolute Gasteiger partial charge is 0.257 e. The molecule has 2 aromatic carbocycles. The molecule has 1 fully saturated rings. The van der Waals surface area contributed by atoms with Gasteiger partial charge in [0.15, 0.2) is 0 Å². The van der Waals surface area contributed by atoms with Gasteiger partial charge in [0.25, 0.3) is 5.91 Å². The van der Waals surface area contributed by atoms with Crippen LogP contribution >= 0.6 is 0 Å². The Hall–Kier alpha value is -3.48. The Balaban J connectivity index is 1.46. The Labute approximate surface area is 173 Å². The van der Waals surface area contributed by atoms with E-state index in [0.29, 0.717) is 22.6 Å². The van der Waals surface area contributed by atoms with E-state index in [2.05, 4.69) is 15.8 Å². The van der Waals surface area contributed by atoms with Crippen molar-refractivity contribution in [3.05, 3.63) is 71.2 Å². The summed E-state index contributed by atoms with van der Waals surface area (Å²) in [6.45, 7) is 3.53. The van der Waals surface area contributed by atoms with Gasteiger partial charge in [-0.25, -0.2) is 4.39 Å². The first-order valence-electron chi connectivity index (χ1n) is 9.86. The first-order valence-corrected chi connectivity index (χ1v) is 9.86. The minimum absolute atomic E-state index is 0.0559. The van der Waals surface area contributed by atoms with Gasteiger partial charge in [-0.3, -0.25) is 9.59 Å². The Morgan fingerprint density at radius 1 is 1.10 bits per heavy atom. The van der Waals surface area contributed by atoms with Crippen LogP contribution in [-0.4, -0.2) is 17.0 Å². The number of halogens is 1. The van der Waals surface area contributed by atoms with Gasteiger partial charge in [0.1, 0.15) is 22.8 Å². The van der Waals surface area contributed by atoms with E-state index in [1.165, 1.54) is 12.1 Å². The van der Waals surface area contributed by atoms with E-state index in [9.17, 15) is 14.0 Å². The summed E-state index contributed by atoms with van der Waals surface area (Å²) in [7, 11) is 0. The van der Waals surface area contributed by atoms with Crippen molar-refractivity contribution in [1.82, 2.24) is 10.5 Å². The Kier molecular flexibility index (Phi) is 5.35. The molecule has 0 spiro atoms. The maximum Gasteiger partial charge on any atom is 0.257 e. The van der Waals surface area contributed by atoms with Crippen LogP contribution in [0.5, 0.6) is 0 Å². The van der Waals surface area contributed by atoms with Gasteiger partial charge >= 0.3 is 0 Å². The lowest BCUT2D eigenvalue weighted by atomic mass is 10.0. The fourth-order valence-electron chi connectivity index (χ4n) is 3.24. The minimum atomic E-state index is -0.365. The van der Waals surface area contributed by atoms with Gasteiger partial charge in [0.2, 0.25) is 5.91 Å². The summed E-state index contributed by atoms with van der Waals surface area (Å²) in [5.41, 5.74) is 2.92. The van der Waals surface area contributed by atoms with Crippen molar-refractivity contribution in [3.63, 3.8) is 0 Å². The molecule has 1 saturated carbocycles. The summed E-state index contributed by atoms with van der Waals surface area (Å²) in [5.74, 6) is -0.107. The highest BCUT2D eigenvalue weighted by molar-refractivity contribution is 6.01. The number of aromatic nitrogens is 1. The molecule has 1 unspecified atom stereocenters. The lowest BCUT2D eigenvalue weighted by molar-refractivity contribution is -0.117. The molecule has 0 radical (unpaired) electrons. The van der Waals surface area contributed by atoms with Crippen LogP contribution in [-0.2, 0) is 4.79 Å². The molecular weight excluding hydrogens is 385 g/mol. The number of anilines is 1. The first kappa shape index (κ1) is 19.8. The van der Waals surface area contributed by atoms with E-state index in [0.717, 1.165) is 24.1 Å². The van der Waals surface area contributed by atoms with Crippen LogP contribution < -0.4 is 10.6 Å². The van der Waals surface area contributed by atoms with Crippen molar-refractivity contribution < 1.29 is 18.5 Å². The topological polar surface area (TPSA) is 84.2 Å². The molecule has 30 heavy (non-hydrogen) atoms. The molecule has 0 saturated heterocycles. The number of aryl methyl sites for hydroxylation is 1. The van der Waals surface area contributed by atoms with Gasteiger partial charge in [-0.15, -0.1) is 0 Å². The molecule has 0 aliphatic heterocycles. The molecule has 0 bridgehead atoms. The van der Waals surface area contributed by atoms with E-state index < -0.39 is 0 Å². The molecule has 6 nitrogen and oxygen atoms in total. The summed E-state index contributed by atoms with van der Waals surface area (Å²) in [4.78, 5) is 24.8. The van der Waals surface area contributed by atoms with Crippen LogP contribution in [0.3, 0.4) is 0 Å². The molecule has 1 heterocycles. The monoisotopic (exact) mass is 407 g/mol. The number of rotatable bonds is 6. The summed E-state index contributed by atoms with van der Waals surface area (Å²) < 4.78 is 18.4. The Morgan fingerprint density at radius 3 is 2.40 bits per heavy atom. The summed E-state index contributed by atoms with van der Waals surface area (Å²) in [5, 5.41) is 9.82. The second kappa shape index (κ2) is 8.10. The summed E-state index contributed by atoms with van der Waals surface area (Å²) in [6.07, 6.45) is 1.91. The van der Waals surface area contributed by atoms with Crippen LogP contribution in [0.15, 0.2) is 53.1 Å². The molecule has 4 rings (SSSR count). The molecule has 3 aromatic rings. The van der Waals surface area contributed by atoms with Crippen LogP contribution in [0.1, 0.15) is 47.5 Å². The molecule has 1 aliphatic carbocycles. The number of benzene rings is 2. The highest BCUT2D eigenvalue weighted by Gasteiger charge is 2.29. The molecule has 154 valence electrons. The van der Waals surface area contributed by atoms with Gasteiger partial charge in [0, 0.05) is 17.2 Å². The molecule has 1 aliphatic rings. The van der Waals surface area contributed by atoms with Gasteiger partial charge in [-0.1, -0.05) is 17.3 Å². The zero-order chi connectivity index (χ0) is 21.3. The Morgan fingerprint density at radius 2 is 1.77 bits per heavy atom. The third-order valence-electron chi connectivity index (χ3n) is 5.18. The van der Waals surface area contributed by atoms with Gasteiger partial charge in [0.05, 0.1) is 6.04 Å². The second-order valence-corrected chi connectivity index (χ2v) is 7.55. The predicted molar refractivity (Wildman–Crippen MR) is 110 cm³/mol. The van der Waals surface area contributed by atoms with E-state index in [-0.39, 0.29) is 29.6 Å². The molecule has 1 atom stereocenters. The van der Waals surface area contributed by atoms with Crippen molar-refractivity contribution in [1.29, 1.82) is 0 Å². The average Bonchev–Trinajstić information content (AvgIpc) is 3.51. The van der Waals surface area contributed by atoms with Crippen molar-refractivity contribution in [2.45, 2.75) is 32.7 Å². The molecule has 7 heteroatoms. The molecule has 1 aromatic heterocycles. The van der Waals surface area contributed by atoms with E-state index >= 15 is 0 Å². The number of hydrogen-bond acceptors (Lipinski definition) is 4. The van der Waals surface area contributed by atoms with E-state index in [4.69, 9.17) is 4.52 Å². The Bertz CT molecular complexity index is 1070. The highest BCUT2D eigenvalue weighted by Crippen LogP contribution is 2.30. The molecular formula is C23H22FN3O3. The normalized spacial score (nSPS) is 14.2. The summed E-state index contributed by atoms with van der Waals surface area (Å²) in [6, 6.07) is 12.9. The average molecular weight is 407 g/mol. The van der Waals surface area contributed by atoms with Gasteiger partial charge in [-0.05, 0) is 68.7 Å². The highest BCUT2D eigenvalue weighted by atomic mass is 19.1. The van der Waals surface area contributed by atoms with Gasteiger partial charge in [-0.2, -0.15) is 0 Å². The van der Waals surface area contributed by atoms with Crippen molar-refractivity contribution >= 4 is 17.5 Å². The minimum Gasteiger partial charge on any atom is -0.360 e. The zero-order valence-electron chi connectivity index (χ0n) is 16.7. The number of carbonyl (C=O) groups excluding carboxylic acids is 2. The number of nitrogens with zero attached hydrogens (tertiary/aromatic N) is 1. The van der Waals surface area contributed by atoms with Crippen molar-refractivity contribution in [3.8, 4) is 11.3 Å². The van der Waals surface area contributed by atoms with Crippen LogP contribution in [0.2, 0.25) is 0 Å². The van der Waals surface area contributed by atoms with Crippen molar-refractivity contribution in [2.75, 3.05) is 5.32 Å². The standard InChI is InChI=1S/C23H22FN3O3/c1-13(15-7-11-19(12-8-15)26-22(28)17-3-4-17)25-23(29)20-14(2)30-27-21(20)16-5-9-18(24)10-6-16/h5-13,17H,3-4H2,1-2H3,(H,25,29)(H,26,28). The SMILES string of the molecule is Cc1onc(-c2ccc(F)cc2)c1C(=O)NC(C)c1ccc(NC(=O)C2CC2)cc1. The second-order valence-electron chi connectivity index (χ2n) is 7.55. The number of carbonyl (C=O) groups is 2. The number of amides is 2. The fourth-order valence-corrected chi connectivity index (χ4v) is 3.24. The quantitative estimate of drug-likeness (QED) is 0.624. The molecule has 2 amide bonds. The molecule has 2 N–H and O–H groups in total. The lowest BCUT2D eigenvalue weighted by Gasteiger charge is -2.15. The number of nitrogens with one attached hydrogen (secondary N) is 2. The maximum atomic E-state index is 13.2. The third-order valence-corrected chi connectivity index (χ3v) is 5.18.